The summed E-state index contributed by atoms with van der Waals surface area (Å²) in [6.07, 6.45) is 5.79. The van der Waals surface area contributed by atoms with Crippen molar-refractivity contribution in [2.24, 2.45) is 5.73 Å². The lowest BCUT2D eigenvalue weighted by Gasteiger charge is -2.25. The van der Waals surface area contributed by atoms with Crippen LogP contribution >= 0.6 is 0 Å². The molecule has 0 aliphatic carbocycles. The molecule has 4 nitrogen and oxygen atoms in total. The first-order valence-electron chi connectivity index (χ1n) is 5.47. The Morgan fingerprint density at radius 1 is 1.53 bits per heavy atom. The third-order valence-corrected chi connectivity index (χ3v) is 2.69. The van der Waals surface area contributed by atoms with Crippen molar-refractivity contribution in [3.05, 3.63) is 18.0 Å². The summed E-state index contributed by atoms with van der Waals surface area (Å²) in [5.74, 6) is 0. The Hall–Kier alpha value is -0.870. The largest absolute Gasteiger partial charge is 0.382 e. The molecule has 1 rings (SSSR count). The fraction of sp³-hybridized carbons (Fsp3) is 0.727. The topological polar surface area (TPSA) is 53.1 Å². The zero-order valence-electron chi connectivity index (χ0n) is 9.86. The van der Waals surface area contributed by atoms with Crippen LogP contribution in [0, 0.1) is 0 Å². The van der Waals surface area contributed by atoms with E-state index in [-0.39, 0.29) is 0 Å². The van der Waals surface area contributed by atoms with Crippen molar-refractivity contribution in [2.75, 3.05) is 13.7 Å². The number of nitrogens with zero attached hydrogens (tertiary/aromatic N) is 2. The number of nitrogens with two attached hydrogens (primary N) is 1. The van der Waals surface area contributed by atoms with E-state index in [4.69, 9.17) is 10.5 Å². The quantitative estimate of drug-likeness (QED) is 0.776. The Bertz CT molecular complexity index is 298. The van der Waals surface area contributed by atoms with Crippen molar-refractivity contribution in [3.8, 4) is 0 Å². The van der Waals surface area contributed by atoms with E-state index in [9.17, 15) is 0 Å². The van der Waals surface area contributed by atoms with Crippen LogP contribution in [0.5, 0.6) is 0 Å². The highest BCUT2D eigenvalue weighted by Gasteiger charge is 2.26. The first-order valence-corrected chi connectivity index (χ1v) is 5.47. The van der Waals surface area contributed by atoms with Crippen molar-refractivity contribution in [3.63, 3.8) is 0 Å². The predicted molar refractivity (Wildman–Crippen MR) is 60.6 cm³/mol. The minimum Gasteiger partial charge on any atom is -0.382 e. The molecular formula is C11H21N3O. The molecule has 0 bridgehead atoms. The Morgan fingerprint density at radius 2 is 2.27 bits per heavy atom. The van der Waals surface area contributed by atoms with Crippen LogP contribution in [0.3, 0.4) is 0 Å². The molecule has 1 aromatic heterocycles. The van der Waals surface area contributed by atoms with Gasteiger partial charge in [0.15, 0.2) is 0 Å². The van der Waals surface area contributed by atoms with Crippen LogP contribution in [-0.2, 0) is 16.8 Å². The molecule has 0 aromatic carbocycles. The highest BCUT2D eigenvalue weighted by molar-refractivity contribution is 5.17. The van der Waals surface area contributed by atoms with Crippen molar-refractivity contribution in [1.82, 2.24) is 9.78 Å². The summed E-state index contributed by atoms with van der Waals surface area (Å²) in [5.41, 5.74) is 6.91. The van der Waals surface area contributed by atoms with Gasteiger partial charge < -0.3 is 10.5 Å². The van der Waals surface area contributed by atoms with Crippen LogP contribution in [0.1, 0.15) is 32.3 Å². The van der Waals surface area contributed by atoms with Crippen LogP contribution in [0.15, 0.2) is 12.4 Å². The van der Waals surface area contributed by atoms with Crippen LogP contribution in [0.25, 0.3) is 0 Å². The highest BCUT2D eigenvalue weighted by Crippen LogP contribution is 2.21. The van der Waals surface area contributed by atoms with E-state index >= 15 is 0 Å². The first kappa shape index (κ1) is 12.2. The number of ether oxygens (including phenoxy) is 1. The summed E-state index contributed by atoms with van der Waals surface area (Å²) in [6.45, 7) is 5.66. The zero-order chi connectivity index (χ0) is 11.3. The van der Waals surface area contributed by atoms with Crippen molar-refractivity contribution in [2.45, 2.75) is 38.8 Å². The van der Waals surface area contributed by atoms with Crippen molar-refractivity contribution >= 4 is 0 Å². The molecule has 15 heavy (non-hydrogen) atoms. The van der Waals surface area contributed by atoms with Gasteiger partial charge in [-0.15, -0.1) is 0 Å². The van der Waals surface area contributed by atoms with E-state index in [1.54, 1.807) is 7.11 Å². The third-order valence-electron chi connectivity index (χ3n) is 2.69. The standard InChI is InChI=1S/C11H21N3O/c1-4-6-14-8-10(7-13-14)11(12,5-2)9-15-3/h7-8H,4-6,9,12H2,1-3H3. The summed E-state index contributed by atoms with van der Waals surface area (Å²) >= 11 is 0. The van der Waals surface area contributed by atoms with E-state index in [1.165, 1.54) is 0 Å². The molecule has 0 spiro atoms. The molecule has 86 valence electrons. The summed E-state index contributed by atoms with van der Waals surface area (Å²) in [5, 5.41) is 4.28. The molecule has 1 aromatic rings. The van der Waals surface area contributed by atoms with Crippen LogP contribution in [0.2, 0.25) is 0 Å². The molecule has 0 aliphatic rings. The third kappa shape index (κ3) is 2.79. The molecule has 0 fully saturated rings. The van der Waals surface area contributed by atoms with Gasteiger partial charge in [-0.05, 0) is 12.8 Å². The van der Waals surface area contributed by atoms with Crippen LogP contribution in [-0.4, -0.2) is 23.5 Å². The van der Waals surface area contributed by atoms with Gasteiger partial charge >= 0.3 is 0 Å². The van der Waals surface area contributed by atoms with Gasteiger partial charge in [-0.3, -0.25) is 4.68 Å². The van der Waals surface area contributed by atoms with E-state index in [0.717, 1.165) is 24.9 Å². The van der Waals surface area contributed by atoms with Gasteiger partial charge in [0.2, 0.25) is 0 Å². The normalized spacial score (nSPS) is 15.2. The maximum absolute atomic E-state index is 6.26. The SMILES string of the molecule is CCCn1cc(C(N)(CC)COC)cn1. The van der Waals surface area contributed by atoms with E-state index in [0.29, 0.717) is 6.61 Å². The van der Waals surface area contributed by atoms with Gasteiger partial charge in [-0.25, -0.2) is 0 Å². The predicted octanol–water partition coefficient (Wildman–Crippen LogP) is 1.50. The summed E-state index contributed by atoms with van der Waals surface area (Å²) in [4.78, 5) is 0. The summed E-state index contributed by atoms with van der Waals surface area (Å²) < 4.78 is 7.09. The number of rotatable bonds is 6. The molecule has 0 aliphatic heterocycles. The lowest BCUT2D eigenvalue weighted by atomic mass is 9.92. The molecule has 0 radical (unpaired) electrons. The number of aromatic nitrogens is 2. The lowest BCUT2D eigenvalue weighted by molar-refractivity contribution is 0.129. The van der Waals surface area contributed by atoms with Gasteiger partial charge in [0, 0.05) is 25.4 Å². The van der Waals surface area contributed by atoms with Crippen LogP contribution in [0.4, 0.5) is 0 Å². The average Bonchev–Trinajstić information content (AvgIpc) is 2.68. The fourth-order valence-corrected chi connectivity index (χ4v) is 1.62. The Kier molecular flexibility index (Phi) is 4.29. The zero-order valence-corrected chi connectivity index (χ0v) is 9.86. The number of hydrogen-bond acceptors (Lipinski definition) is 3. The number of aryl methyl sites for hydroxylation is 1. The number of hydrogen-bond donors (Lipinski definition) is 1. The fourth-order valence-electron chi connectivity index (χ4n) is 1.62. The van der Waals surface area contributed by atoms with Gasteiger partial charge in [-0.2, -0.15) is 5.10 Å². The second-order valence-electron chi connectivity index (χ2n) is 3.93. The Balaban J connectivity index is 2.82. The van der Waals surface area contributed by atoms with Gasteiger partial charge in [0.25, 0.3) is 0 Å². The van der Waals surface area contributed by atoms with E-state index < -0.39 is 5.54 Å². The molecule has 0 amide bonds. The van der Waals surface area contributed by atoms with Crippen molar-refractivity contribution in [1.29, 1.82) is 0 Å². The van der Waals surface area contributed by atoms with Gasteiger partial charge in [0.05, 0.1) is 18.3 Å². The molecule has 4 heteroatoms. The van der Waals surface area contributed by atoms with Crippen LogP contribution < -0.4 is 5.73 Å². The van der Waals surface area contributed by atoms with Gasteiger partial charge in [0.1, 0.15) is 0 Å². The maximum Gasteiger partial charge on any atom is 0.0685 e. The summed E-state index contributed by atoms with van der Waals surface area (Å²) in [6, 6.07) is 0. The Morgan fingerprint density at radius 3 is 2.80 bits per heavy atom. The molecule has 0 saturated carbocycles. The minimum absolute atomic E-state index is 0.402. The Labute approximate surface area is 91.4 Å². The lowest BCUT2D eigenvalue weighted by Crippen LogP contribution is -2.40. The molecule has 1 atom stereocenters. The highest BCUT2D eigenvalue weighted by atomic mass is 16.5. The molecule has 2 N–H and O–H groups in total. The smallest absolute Gasteiger partial charge is 0.0685 e. The molecular weight excluding hydrogens is 190 g/mol. The van der Waals surface area contributed by atoms with E-state index in [2.05, 4.69) is 18.9 Å². The van der Waals surface area contributed by atoms with Crippen molar-refractivity contribution < 1.29 is 4.74 Å². The molecule has 1 heterocycles. The first-order chi connectivity index (χ1) is 7.16. The number of methoxy groups -OCH3 is 1. The summed E-state index contributed by atoms with van der Waals surface area (Å²) in [7, 11) is 1.67. The van der Waals surface area contributed by atoms with E-state index in [1.807, 2.05) is 17.1 Å². The molecule has 1 unspecified atom stereocenters. The minimum atomic E-state index is -0.402. The van der Waals surface area contributed by atoms with Gasteiger partial charge in [-0.1, -0.05) is 13.8 Å². The average molecular weight is 211 g/mol. The second-order valence-corrected chi connectivity index (χ2v) is 3.93. The maximum atomic E-state index is 6.26. The second kappa shape index (κ2) is 5.28. The monoisotopic (exact) mass is 211 g/mol. The molecule has 0 saturated heterocycles.